The van der Waals surface area contributed by atoms with Crippen LogP contribution in [0, 0.1) is 25.2 Å². The van der Waals surface area contributed by atoms with Crippen molar-refractivity contribution in [3.8, 4) is 0 Å². The molecule has 1 aliphatic carbocycles. The molecule has 0 spiro atoms. The Hall–Kier alpha value is -1.07. The summed E-state index contributed by atoms with van der Waals surface area (Å²) in [5.41, 5.74) is 8.02. The van der Waals surface area contributed by atoms with Gasteiger partial charge in [-0.25, -0.2) is 13.1 Å². The van der Waals surface area contributed by atoms with Gasteiger partial charge in [-0.1, -0.05) is 13.8 Å². The van der Waals surface area contributed by atoms with E-state index < -0.39 is 10.0 Å². The molecule has 0 atom stereocenters. The molecule has 0 heterocycles. The minimum absolute atomic E-state index is 0.149. The molecule has 1 aliphatic rings. The minimum atomic E-state index is -3.49. The predicted molar refractivity (Wildman–Crippen MR) is 82.0 cm³/mol. The quantitative estimate of drug-likeness (QED) is 0.820. The highest BCUT2D eigenvalue weighted by Gasteiger charge is 2.45. The number of nitrogens with two attached hydrogens (primary N) is 1. The zero-order valence-electron chi connectivity index (χ0n) is 12.7. The Morgan fingerprint density at radius 1 is 1.30 bits per heavy atom. The third-order valence-electron chi connectivity index (χ3n) is 4.57. The van der Waals surface area contributed by atoms with E-state index in [0.717, 1.165) is 18.4 Å². The molecule has 1 aromatic carbocycles. The largest absolute Gasteiger partial charge is 0.398 e. The number of nitrogens with one attached hydrogen (secondary N) is 1. The average molecular weight is 296 g/mol. The Bertz CT molecular complexity index is 617. The van der Waals surface area contributed by atoms with E-state index in [9.17, 15) is 8.42 Å². The first-order chi connectivity index (χ1) is 9.18. The van der Waals surface area contributed by atoms with Crippen LogP contribution in [-0.4, -0.2) is 15.0 Å². The SMILES string of the molecule is Cc1cc(N)c(C)c(S(=O)(=O)NCC2(C(C)C)CC2)c1. The average Bonchev–Trinajstić information content (AvgIpc) is 3.12. The van der Waals surface area contributed by atoms with E-state index >= 15 is 0 Å². The van der Waals surface area contributed by atoms with Crippen LogP contribution in [0.4, 0.5) is 5.69 Å². The number of aryl methyl sites for hydroxylation is 1. The summed E-state index contributed by atoms with van der Waals surface area (Å²) in [7, 11) is -3.49. The highest BCUT2D eigenvalue weighted by molar-refractivity contribution is 7.89. The molecular weight excluding hydrogens is 272 g/mol. The fourth-order valence-corrected chi connectivity index (χ4v) is 4.06. The van der Waals surface area contributed by atoms with E-state index in [1.807, 2.05) is 6.92 Å². The molecule has 112 valence electrons. The number of benzene rings is 1. The second kappa shape index (κ2) is 5.04. The maximum absolute atomic E-state index is 12.5. The Morgan fingerprint density at radius 3 is 2.40 bits per heavy atom. The van der Waals surface area contributed by atoms with Crippen molar-refractivity contribution in [3.05, 3.63) is 23.3 Å². The van der Waals surface area contributed by atoms with Gasteiger partial charge in [0.2, 0.25) is 10.0 Å². The van der Waals surface area contributed by atoms with Crippen molar-refractivity contribution in [2.45, 2.75) is 45.4 Å². The second-order valence-corrected chi connectivity index (χ2v) is 8.05. The van der Waals surface area contributed by atoms with Crippen molar-refractivity contribution in [1.82, 2.24) is 4.72 Å². The fraction of sp³-hybridized carbons (Fsp3) is 0.600. The van der Waals surface area contributed by atoms with Gasteiger partial charge in [-0.2, -0.15) is 0 Å². The number of rotatable bonds is 5. The lowest BCUT2D eigenvalue weighted by molar-refractivity contribution is 0.357. The van der Waals surface area contributed by atoms with Gasteiger partial charge >= 0.3 is 0 Å². The summed E-state index contributed by atoms with van der Waals surface area (Å²) in [6.07, 6.45) is 2.20. The van der Waals surface area contributed by atoms with Crippen LogP contribution in [0.5, 0.6) is 0 Å². The summed E-state index contributed by atoms with van der Waals surface area (Å²) < 4.78 is 27.7. The Kier molecular flexibility index (Phi) is 3.86. The van der Waals surface area contributed by atoms with Gasteiger partial charge in [0.1, 0.15) is 0 Å². The molecule has 1 fully saturated rings. The fourth-order valence-electron chi connectivity index (χ4n) is 2.57. The van der Waals surface area contributed by atoms with Crippen molar-refractivity contribution in [2.24, 2.45) is 11.3 Å². The molecule has 2 rings (SSSR count). The minimum Gasteiger partial charge on any atom is -0.398 e. The zero-order chi connectivity index (χ0) is 15.1. The number of nitrogen functional groups attached to an aromatic ring is 1. The molecule has 0 unspecified atom stereocenters. The first kappa shape index (κ1) is 15.3. The van der Waals surface area contributed by atoms with Crippen LogP contribution in [0.2, 0.25) is 0 Å². The molecule has 1 saturated carbocycles. The van der Waals surface area contributed by atoms with Crippen molar-refractivity contribution >= 4 is 15.7 Å². The molecule has 1 aromatic rings. The maximum atomic E-state index is 12.5. The van der Waals surface area contributed by atoms with Gasteiger partial charge in [0.15, 0.2) is 0 Å². The second-order valence-electron chi connectivity index (χ2n) is 6.32. The lowest BCUT2D eigenvalue weighted by Gasteiger charge is -2.20. The van der Waals surface area contributed by atoms with E-state index in [-0.39, 0.29) is 5.41 Å². The van der Waals surface area contributed by atoms with Crippen molar-refractivity contribution in [2.75, 3.05) is 12.3 Å². The summed E-state index contributed by atoms with van der Waals surface area (Å²) in [5, 5.41) is 0. The normalized spacial score (nSPS) is 17.4. The number of hydrogen-bond acceptors (Lipinski definition) is 3. The van der Waals surface area contributed by atoms with Gasteiger partial charge in [-0.15, -0.1) is 0 Å². The lowest BCUT2D eigenvalue weighted by Crippen LogP contribution is -2.33. The van der Waals surface area contributed by atoms with Gasteiger partial charge in [0.25, 0.3) is 0 Å². The first-order valence-electron chi connectivity index (χ1n) is 7.04. The predicted octanol–water partition coefficient (Wildman–Crippen LogP) is 2.60. The molecule has 0 radical (unpaired) electrons. The molecule has 0 saturated heterocycles. The monoisotopic (exact) mass is 296 g/mol. The summed E-state index contributed by atoms with van der Waals surface area (Å²) in [5.74, 6) is 0.494. The van der Waals surface area contributed by atoms with Crippen molar-refractivity contribution in [1.29, 1.82) is 0 Å². The molecule has 20 heavy (non-hydrogen) atoms. The summed E-state index contributed by atoms with van der Waals surface area (Å²) >= 11 is 0. The topological polar surface area (TPSA) is 72.2 Å². The van der Waals surface area contributed by atoms with E-state index in [1.165, 1.54) is 0 Å². The molecule has 0 bridgehead atoms. The molecular formula is C15H24N2O2S. The first-order valence-corrected chi connectivity index (χ1v) is 8.53. The van der Waals surface area contributed by atoms with Crippen LogP contribution < -0.4 is 10.5 Å². The van der Waals surface area contributed by atoms with Crippen LogP contribution in [0.3, 0.4) is 0 Å². The summed E-state index contributed by atoms with van der Waals surface area (Å²) in [4.78, 5) is 0.301. The third kappa shape index (κ3) is 2.83. The molecule has 5 heteroatoms. The number of hydrogen-bond donors (Lipinski definition) is 2. The van der Waals surface area contributed by atoms with Gasteiger partial charge in [-0.3, -0.25) is 0 Å². The van der Waals surface area contributed by atoms with Gasteiger partial charge in [-0.05, 0) is 61.3 Å². The van der Waals surface area contributed by atoms with Gasteiger partial charge in [0.05, 0.1) is 4.90 Å². The van der Waals surface area contributed by atoms with Gasteiger partial charge in [0, 0.05) is 12.2 Å². The van der Waals surface area contributed by atoms with E-state index in [1.54, 1.807) is 19.1 Å². The molecule has 4 nitrogen and oxygen atoms in total. The number of sulfonamides is 1. The summed E-state index contributed by atoms with van der Waals surface area (Å²) in [6, 6.07) is 3.48. The van der Waals surface area contributed by atoms with Crippen molar-refractivity contribution in [3.63, 3.8) is 0 Å². The standard InChI is InChI=1S/C15H24N2O2S/c1-10(2)15(5-6-15)9-17-20(18,19)14-8-11(3)7-13(16)12(14)4/h7-8,10,17H,5-6,9,16H2,1-4H3. The Morgan fingerprint density at radius 2 is 1.90 bits per heavy atom. The van der Waals surface area contributed by atoms with E-state index in [0.29, 0.717) is 28.6 Å². The highest BCUT2D eigenvalue weighted by atomic mass is 32.2. The van der Waals surface area contributed by atoms with Crippen LogP contribution >= 0.6 is 0 Å². The van der Waals surface area contributed by atoms with Crippen LogP contribution in [0.1, 0.15) is 37.8 Å². The third-order valence-corrected chi connectivity index (χ3v) is 6.09. The lowest BCUT2D eigenvalue weighted by atomic mass is 9.93. The van der Waals surface area contributed by atoms with E-state index in [4.69, 9.17) is 5.73 Å². The molecule has 3 N–H and O–H groups in total. The molecule has 0 amide bonds. The van der Waals surface area contributed by atoms with Gasteiger partial charge < -0.3 is 5.73 Å². The maximum Gasteiger partial charge on any atom is 0.240 e. The molecule has 0 aliphatic heterocycles. The summed E-state index contributed by atoms with van der Waals surface area (Å²) in [6.45, 7) is 8.42. The van der Waals surface area contributed by atoms with Crippen LogP contribution in [0.25, 0.3) is 0 Å². The molecule has 0 aromatic heterocycles. The smallest absolute Gasteiger partial charge is 0.240 e. The Balaban J connectivity index is 2.23. The Labute approximate surface area is 121 Å². The van der Waals surface area contributed by atoms with Crippen LogP contribution in [-0.2, 0) is 10.0 Å². The van der Waals surface area contributed by atoms with E-state index in [2.05, 4.69) is 18.6 Å². The van der Waals surface area contributed by atoms with Crippen molar-refractivity contribution < 1.29 is 8.42 Å². The van der Waals surface area contributed by atoms with Crippen LogP contribution in [0.15, 0.2) is 17.0 Å². The number of anilines is 1. The highest BCUT2D eigenvalue weighted by Crippen LogP contribution is 2.51. The zero-order valence-corrected chi connectivity index (χ0v) is 13.5.